The first kappa shape index (κ1) is 25.7. The molecule has 6 rings (SSSR count). The number of nitrogens with zero attached hydrogens (tertiary/aromatic N) is 2. The lowest BCUT2D eigenvalue weighted by Crippen LogP contribution is -2.55. The molecule has 7 nitrogen and oxygen atoms in total. The zero-order chi connectivity index (χ0) is 26.4. The van der Waals surface area contributed by atoms with E-state index in [0.717, 1.165) is 53.9 Å². The number of aliphatic hydroxyl groups excluding tert-OH is 1. The van der Waals surface area contributed by atoms with Crippen molar-refractivity contribution in [3.8, 4) is 16.2 Å². The van der Waals surface area contributed by atoms with Crippen LogP contribution in [-0.4, -0.2) is 52.8 Å². The van der Waals surface area contributed by atoms with Gasteiger partial charge in [-0.1, -0.05) is 29.8 Å². The first-order valence-electron chi connectivity index (χ1n) is 12.8. The Hall–Kier alpha value is -2.53. The van der Waals surface area contributed by atoms with Crippen molar-refractivity contribution in [2.45, 2.75) is 50.2 Å². The summed E-state index contributed by atoms with van der Waals surface area (Å²) in [6, 6.07) is 12.6. The molecule has 1 saturated carbocycles. The Morgan fingerprint density at radius 1 is 1.21 bits per heavy atom. The van der Waals surface area contributed by atoms with E-state index in [2.05, 4.69) is 4.90 Å². The molecule has 1 aromatic heterocycles. The number of carbonyl (C=O) groups is 1. The summed E-state index contributed by atoms with van der Waals surface area (Å²) < 4.78 is 21.2. The topological polar surface area (TPSA) is 88.3 Å². The maximum atomic E-state index is 14.9. The Balaban J connectivity index is 1.31. The number of amides is 1. The standard InChI is InChI=1S/C28H29ClFN3O4S/c29-25-9-8-24(38-25)16-2-6-20-18(12-16)15-36-33(26(20)28(31)35)22(14-32-10-1-11-32)27(34)17-3-7-23(21(30)13-17)37-19-4-5-19/h2-3,6-9,12-13,19,22,26-27,34H,1,4-5,10-11,14-15H2,(H2,31,35)/t22-,26?,27-/m1/s1. The Morgan fingerprint density at radius 3 is 2.66 bits per heavy atom. The maximum absolute atomic E-state index is 14.9. The Kier molecular flexibility index (Phi) is 7.15. The normalized spacial score (nSPS) is 21.4. The van der Waals surface area contributed by atoms with Gasteiger partial charge in [0.05, 0.1) is 29.2 Å². The third-order valence-corrected chi connectivity index (χ3v) is 8.67. The van der Waals surface area contributed by atoms with E-state index in [4.69, 9.17) is 26.9 Å². The van der Waals surface area contributed by atoms with Crippen molar-refractivity contribution >= 4 is 28.8 Å². The summed E-state index contributed by atoms with van der Waals surface area (Å²) in [5.74, 6) is -0.921. The van der Waals surface area contributed by atoms with Crippen LogP contribution in [-0.2, 0) is 16.2 Å². The van der Waals surface area contributed by atoms with E-state index >= 15 is 0 Å². The number of carbonyl (C=O) groups excluding carboxylic acids is 1. The predicted molar refractivity (Wildman–Crippen MR) is 143 cm³/mol. The molecule has 10 heteroatoms. The molecule has 1 aliphatic carbocycles. The highest BCUT2D eigenvalue weighted by Gasteiger charge is 2.42. The highest BCUT2D eigenvalue weighted by Crippen LogP contribution is 2.40. The molecule has 3 atom stereocenters. The first-order chi connectivity index (χ1) is 18.4. The predicted octanol–water partition coefficient (Wildman–Crippen LogP) is 4.83. The third-order valence-electron chi connectivity index (χ3n) is 7.39. The van der Waals surface area contributed by atoms with Crippen molar-refractivity contribution in [2.75, 3.05) is 19.6 Å². The van der Waals surface area contributed by atoms with Crippen LogP contribution in [0.15, 0.2) is 48.5 Å². The van der Waals surface area contributed by atoms with E-state index in [9.17, 15) is 14.3 Å². The molecule has 1 amide bonds. The molecular formula is C28H29ClFN3O4S. The van der Waals surface area contributed by atoms with Crippen LogP contribution in [0.2, 0.25) is 4.34 Å². The van der Waals surface area contributed by atoms with E-state index in [1.165, 1.54) is 22.5 Å². The van der Waals surface area contributed by atoms with E-state index in [0.29, 0.717) is 16.4 Å². The molecule has 1 saturated heterocycles. The summed E-state index contributed by atoms with van der Waals surface area (Å²) in [5, 5.41) is 13.0. The van der Waals surface area contributed by atoms with Gasteiger partial charge in [0.25, 0.3) is 0 Å². The summed E-state index contributed by atoms with van der Waals surface area (Å²) in [5.41, 5.74) is 8.87. The molecule has 2 aromatic carbocycles. The number of fused-ring (bicyclic) bond motifs is 1. The largest absolute Gasteiger partial charge is 0.487 e. The fourth-order valence-electron chi connectivity index (χ4n) is 5.07. The minimum atomic E-state index is -1.13. The summed E-state index contributed by atoms with van der Waals surface area (Å²) in [6.45, 7) is 2.40. The summed E-state index contributed by atoms with van der Waals surface area (Å²) in [6.07, 6.45) is 1.84. The van der Waals surface area contributed by atoms with Gasteiger partial charge in [0, 0.05) is 11.4 Å². The van der Waals surface area contributed by atoms with Gasteiger partial charge in [0.2, 0.25) is 5.91 Å². The Morgan fingerprint density at radius 2 is 2.03 bits per heavy atom. The van der Waals surface area contributed by atoms with Crippen molar-refractivity contribution in [3.05, 3.63) is 75.4 Å². The molecule has 3 aromatic rings. The van der Waals surface area contributed by atoms with Crippen LogP contribution < -0.4 is 10.5 Å². The Bertz CT molecular complexity index is 1350. The van der Waals surface area contributed by atoms with Crippen LogP contribution in [0.1, 0.15) is 48.1 Å². The Labute approximate surface area is 229 Å². The quantitative estimate of drug-likeness (QED) is 0.392. The number of hydrogen-bond acceptors (Lipinski definition) is 7. The number of thiophene rings is 1. The second-order valence-electron chi connectivity index (χ2n) is 10.1. The zero-order valence-corrected chi connectivity index (χ0v) is 22.3. The number of halogens is 2. The SMILES string of the molecule is NC(=O)C1c2ccc(-c3ccc(Cl)s3)cc2CON1[C@H](CN1CCC1)[C@H](O)c1ccc(OC2CC2)c(F)c1. The van der Waals surface area contributed by atoms with Gasteiger partial charge in [-0.25, -0.2) is 4.39 Å². The van der Waals surface area contributed by atoms with Crippen LogP contribution in [0, 0.1) is 5.82 Å². The van der Waals surface area contributed by atoms with E-state index in [1.54, 1.807) is 12.1 Å². The van der Waals surface area contributed by atoms with Crippen molar-refractivity contribution in [2.24, 2.45) is 5.73 Å². The molecule has 0 bridgehead atoms. The molecule has 3 N–H and O–H groups in total. The number of rotatable bonds is 9. The van der Waals surface area contributed by atoms with Crippen LogP contribution >= 0.6 is 22.9 Å². The van der Waals surface area contributed by atoms with Gasteiger partial charge in [-0.05, 0) is 84.9 Å². The van der Waals surface area contributed by atoms with Gasteiger partial charge in [-0.15, -0.1) is 11.3 Å². The number of aliphatic hydroxyl groups is 1. The highest BCUT2D eigenvalue weighted by atomic mass is 35.5. The minimum absolute atomic E-state index is 0.0647. The molecule has 38 heavy (non-hydrogen) atoms. The van der Waals surface area contributed by atoms with Gasteiger partial charge >= 0.3 is 0 Å². The lowest BCUT2D eigenvalue weighted by Gasteiger charge is -2.44. The summed E-state index contributed by atoms with van der Waals surface area (Å²) >= 11 is 7.60. The van der Waals surface area contributed by atoms with E-state index in [1.807, 2.05) is 30.3 Å². The molecule has 3 heterocycles. The number of nitrogens with two attached hydrogens (primary N) is 1. The number of benzene rings is 2. The lowest BCUT2D eigenvalue weighted by atomic mass is 9.92. The number of ether oxygens (including phenoxy) is 1. The van der Waals surface area contributed by atoms with Gasteiger partial charge < -0.3 is 20.5 Å². The van der Waals surface area contributed by atoms with Gasteiger partial charge in [-0.3, -0.25) is 9.63 Å². The highest BCUT2D eigenvalue weighted by molar-refractivity contribution is 7.19. The van der Waals surface area contributed by atoms with Gasteiger partial charge in [0.15, 0.2) is 11.6 Å². The van der Waals surface area contributed by atoms with Crippen LogP contribution in [0.25, 0.3) is 10.4 Å². The lowest BCUT2D eigenvalue weighted by molar-refractivity contribution is -0.250. The number of hydroxylamine groups is 2. The summed E-state index contributed by atoms with van der Waals surface area (Å²) in [4.78, 5) is 22.2. The maximum Gasteiger partial charge on any atom is 0.241 e. The molecule has 2 aliphatic heterocycles. The number of hydrogen-bond donors (Lipinski definition) is 2. The minimum Gasteiger partial charge on any atom is -0.487 e. The number of primary amides is 1. The molecule has 0 radical (unpaired) electrons. The molecule has 2 fully saturated rings. The fourth-order valence-corrected chi connectivity index (χ4v) is 6.11. The fraction of sp³-hybridized carbons (Fsp3) is 0.393. The van der Waals surface area contributed by atoms with Crippen LogP contribution in [0.5, 0.6) is 5.75 Å². The number of likely N-dealkylation sites (tertiary alicyclic amines) is 1. The average molecular weight is 558 g/mol. The average Bonchev–Trinajstić information content (AvgIpc) is 3.59. The van der Waals surface area contributed by atoms with Gasteiger partial charge in [-0.2, -0.15) is 5.06 Å². The monoisotopic (exact) mass is 557 g/mol. The van der Waals surface area contributed by atoms with E-state index < -0.39 is 29.9 Å². The van der Waals surface area contributed by atoms with E-state index in [-0.39, 0.29) is 18.5 Å². The first-order valence-corrected chi connectivity index (χ1v) is 14.0. The second kappa shape index (κ2) is 10.6. The molecular weight excluding hydrogens is 529 g/mol. The molecule has 200 valence electrons. The van der Waals surface area contributed by atoms with Crippen molar-refractivity contribution in [1.29, 1.82) is 0 Å². The summed E-state index contributed by atoms with van der Waals surface area (Å²) in [7, 11) is 0. The van der Waals surface area contributed by atoms with Crippen molar-refractivity contribution in [3.63, 3.8) is 0 Å². The zero-order valence-electron chi connectivity index (χ0n) is 20.7. The van der Waals surface area contributed by atoms with Crippen molar-refractivity contribution in [1.82, 2.24) is 9.96 Å². The smallest absolute Gasteiger partial charge is 0.241 e. The van der Waals surface area contributed by atoms with Crippen LogP contribution in [0.4, 0.5) is 4.39 Å². The van der Waals surface area contributed by atoms with Gasteiger partial charge in [0.1, 0.15) is 6.04 Å². The molecule has 3 aliphatic rings. The molecule has 1 unspecified atom stereocenters. The third kappa shape index (κ3) is 5.19. The molecule has 0 spiro atoms. The van der Waals surface area contributed by atoms with Crippen molar-refractivity contribution < 1.29 is 23.9 Å². The van der Waals surface area contributed by atoms with Crippen LogP contribution in [0.3, 0.4) is 0 Å². The second-order valence-corrected chi connectivity index (χ2v) is 11.8.